The number of sulfonamides is 1. The van der Waals surface area contributed by atoms with Gasteiger partial charge in [0, 0.05) is 6.54 Å². The van der Waals surface area contributed by atoms with E-state index in [0.717, 1.165) is 31.2 Å². The van der Waals surface area contributed by atoms with E-state index in [1.807, 2.05) is 0 Å². The summed E-state index contributed by atoms with van der Waals surface area (Å²) in [7, 11) is -6.39. The first kappa shape index (κ1) is 17.4. The van der Waals surface area contributed by atoms with Crippen molar-refractivity contribution in [1.82, 2.24) is 4.72 Å². The highest BCUT2D eigenvalue weighted by Crippen LogP contribution is 2.29. The molecule has 22 heavy (non-hydrogen) atoms. The van der Waals surface area contributed by atoms with Crippen molar-refractivity contribution in [2.45, 2.75) is 49.2 Å². The summed E-state index contributed by atoms with van der Waals surface area (Å²) in [6.07, 6.45) is 4.02. The van der Waals surface area contributed by atoms with E-state index in [1.54, 1.807) is 31.2 Å². The molecule has 1 saturated carbocycles. The monoisotopic (exact) mass is 345 g/mol. The molecule has 0 amide bonds. The molecule has 1 N–H and O–H groups in total. The summed E-state index contributed by atoms with van der Waals surface area (Å²) in [5.41, 5.74) is 0.921. The lowest BCUT2D eigenvalue weighted by Crippen LogP contribution is -2.27. The van der Waals surface area contributed by atoms with E-state index in [0.29, 0.717) is 17.9 Å². The number of hydrogen-bond acceptors (Lipinski definition) is 4. The maximum absolute atomic E-state index is 12.4. The van der Waals surface area contributed by atoms with Crippen molar-refractivity contribution in [3.63, 3.8) is 0 Å². The van der Waals surface area contributed by atoms with Crippen LogP contribution >= 0.6 is 0 Å². The minimum atomic E-state index is -3.21. The standard InChI is InChI=1S/C15H23NO4S2/c1-2-21(17,18)16-12-11-13-7-9-15(10-8-13)22(19,20)14-5-3-4-6-14/h7-10,14,16H,2-6,11-12H2,1H3. The predicted molar refractivity (Wildman–Crippen MR) is 87.1 cm³/mol. The molecule has 7 heteroatoms. The highest BCUT2D eigenvalue weighted by atomic mass is 32.2. The van der Waals surface area contributed by atoms with Gasteiger partial charge in [-0.05, 0) is 43.9 Å². The lowest BCUT2D eigenvalue weighted by atomic mass is 10.2. The van der Waals surface area contributed by atoms with Crippen LogP contribution in [-0.4, -0.2) is 34.4 Å². The van der Waals surface area contributed by atoms with Gasteiger partial charge in [0.1, 0.15) is 0 Å². The third kappa shape index (κ3) is 4.30. The molecule has 1 aliphatic rings. The fourth-order valence-electron chi connectivity index (χ4n) is 2.69. The van der Waals surface area contributed by atoms with E-state index in [9.17, 15) is 16.8 Å². The second-order valence-electron chi connectivity index (χ2n) is 5.64. The molecule has 0 heterocycles. The van der Waals surface area contributed by atoms with E-state index < -0.39 is 19.9 Å². The fraction of sp³-hybridized carbons (Fsp3) is 0.600. The molecule has 0 saturated heterocycles. The number of sulfone groups is 1. The number of rotatable bonds is 7. The first-order chi connectivity index (χ1) is 10.3. The summed E-state index contributed by atoms with van der Waals surface area (Å²) >= 11 is 0. The van der Waals surface area contributed by atoms with E-state index in [1.165, 1.54) is 0 Å². The van der Waals surface area contributed by atoms with Crippen LogP contribution in [0.1, 0.15) is 38.2 Å². The summed E-state index contributed by atoms with van der Waals surface area (Å²) in [5.74, 6) is 0.0611. The Morgan fingerprint density at radius 3 is 2.18 bits per heavy atom. The molecule has 1 aliphatic carbocycles. The van der Waals surface area contributed by atoms with Crippen molar-refractivity contribution in [3.8, 4) is 0 Å². The quantitative estimate of drug-likeness (QED) is 0.818. The van der Waals surface area contributed by atoms with E-state index in [-0.39, 0.29) is 11.0 Å². The van der Waals surface area contributed by atoms with E-state index in [2.05, 4.69) is 4.72 Å². The van der Waals surface area contributed by atoms with Gasteiger partial charge < -0.3 is 0 Å². The van der Waals surface area contributed by atoms with Crippen LogP contribution in [0.15, 0.2) is 29.2 Å². The second-order valence-corrected chi connectivity index (χ2v) is 9.97. The average Bonchev–Trinajstić information content (AvgIpc) is 3.03. The zero-order valence-electron chi connectivity index (χ0n) is 12.8. The Labute approximate surface area is 133 Å². The van der Waals surface area contributed by atoms with Gasteiger partial charge in [-0.15, -0.1) is 0 Å². The van der Waals surface area contributed by atoms with E-state index in [4.69, 9.17) is 0 Å². The average molecular weight is 345 g/mol. The fourth-order valence-corrected chi connectivity index (χ4v) is 5.16. The van der Waals surface area contributed by atoms with Gasteiger partial charge in [-0.25, -0.2) is 21.6 Å². The molecule has 1 fully saturated rings. The predicted octanol–water partition coefficient (Wildman–Crippen LogP) is 1.88. The molecule has 5 nitrogen and oxygen atoms in total. The normalized spacial score (nSPS) is 17.0. The van der Waals surface area contributed by atoms with Crippen molar-refractivity contribution >= 4 is 19.9 Å². The Morgan fingerprint density at radius 1 is 1.05 bits per heavy atom. The number of nitrogens with one attached hydrogen (secondary N) is 1. The van der Waals surface area contributed by atoms with Crippen LogP contribution in [-0.2, 0) is 26.3 Å². The summed E-state index contributed by atoms with van der Waals surface area (Å²) in [4.78, 5) is 0.372. The largest absolute Gasteiger partial charge is 0.223 e. The maximum atomic E-state index is 12.4. The molecule has 1 aromatic carbocycles. The van der Waals surface area contributed by atoms with Crippen molar-refractivity contribution in [1.29, 1.82) is 0 Å². The Hall–Kier alpha value is -0.920. The molecule has 0 bridgehead atoms. The smallest absolute Gasteiger partial charge is 0.211 e. The summed E-state index contributed by atoms with van der Waals surface area (Å²) in [5, 5.41) is -0.241. The van der Waals surface area contributed by atoms with Crippen LogP contribution in [0.3, 0.4) is 0 Å². The van der Waals surface area contributed by atoms with Gasteiger partial charge in [0.25, 0.3) is 0 Å². The van der Waals surface area contributed by atoms with Gasteiger partial charge >= 0.3 is 0 Å². The molecule has 0 radical (unpaired) electrons. The van der Waals surface area contributed by atoms with Crippen molar-refractivity contribution < 1.29 is 16.8 Å². The van der Waals surface area contributed by atoms with Crippen molar-refractivity contribution in [2.24, 2.45) is 0 Å². The Bertz CT molecular complexity index is 688. The molecule has 0 atom stereocenters. The van der Waals surface area contributed by atoms with E-state index >= 15 is 0 Å². The van der Waals surface area contributed by atoms with Gasteiger partial charge in [0.05, 0.1) is 15.9 Å². The number of benzene rings is 1. The molecule has 124 valence electrons. The molecule has 0 spiro atoms. The Morgan fingerprint density at radius 2 is 1.64 bits per heavy atom. The summed E-state index contributed by atoms with van der Waals surface area (Å²) in [6, 6.07) is 6.80. The third-order valence-corrected chi connectivity index (χ3v) is 7.79. The summed E-state index contributed by atoms with van der Waals surface area (Å²) < 4.78 is 50.0. The van der Waals surface area contributed by atoms with Gasteiger partial charge in [-0.2, -0.15) is 0 Å². The Kier molecular flexibility index (Phi) is 5.63. The zero-order valence-corrected chi connectivity index (χ0v) is 14.4. The molecule has 1 aromatic rings. The first-order valence-corrected chi connectivity index (χ1v) is 10.8. The minimum absolute atomic E-state index is 0.0611. The highest BCUT2D eigenvalue weighted by Gasteiger charge is 2.29. The second kappa shape index (κ2) is 7.10. The number of hydrogen-bond donors (Lipinski definition) is 1. The van der Waals surface area contributed by atoms with Crippen LogP contribution in [0.4, 0.5) is 0 Å². The molecular formula is C15H23NO4S2. The van der Waals surface area contributed by atoms with Crippen LogP contribution in [0.5, 0.6) is 0 Å². The molecule has 0 unspecified atom stereocenters. The van der Waals surface area contributed by atoms with Crippen molar-refractivity contribution in [3.05, 3.63) is 29.8 Å². The van der Waals surface area contributed by atoms with Crippen LogP contribution in [0.25, 0.3) is 0 Å². The lowest BCUT2D eigenvalue weighted by molar-refractivity contribution is 0.579. The van der Waals surface area contributed by atoms with Gasteiger partial charge in [-0.3, -0.25) is 0 Å². The van der Waals surface area contributed by atoms with Crippen LogP contribution in [0, 0.1) is 0 Å². The van der Waals surface area contributed by atoms with Gasteiger partial charge in [0.2, 0.25) is 10.0 Å². The first-order valence-electron chi connectivity index (χ1n) is 7.65. The van der Waals surface area contributed by atoms with Crippen LogP contribution in [0.2, 0.25) is 0 Å². The highest BCUT2D eigenvalue weighted by molar-refractivity contribution is 7.92. The zero-order chi connectivity index (χ0) is 16.2. The Balaban J connectivity index is 1.98. The molecule has 0 aromatic heterocycles. The van der Waals surface area contributed by atoms with Crippen molar-refractivity contribution in [2.75, 3.05) is 12.3 Å². The van der Waals surface area contributed by atoms with Gasteiger partial charge in [-0.1, -0.05) is 25.0 Å². The topological polar surface area (TPSA) is 80.3 Å². The lowest BCUT2D eigenvalue weighted by Gasteiger charge is -2.11. The summed E-state index contributed by atoms with van der Waals surface area (Å²) in [6.45, 7) is 1.91. The SMILES string of the molecule is CCS(=O)(=O)NCCc1ccc(S(=O)(=O)C2CCCC2)cc1. The maximum Gasteiger partial charge on any atom is 0.211 e. The molecule has 2 rings (SSSR count). The van der Waals surface area contributed by atoms with Gasteiger partial charge in [0.15, 0.2) is 9.84 Å². The minimum Gasteiger partial charge on any atom is -0.223 e. The molecule has 0 aliphatic heterocycles. The molecular weight excluding hydrogens is 322 g/mol. The van der Waals surface area contributed by atoms with Crippen LogP contribution < -0.4 is 4.72 Å². The third-order valence-electron chi connectivity index (χ3n) is 4.11.